The molecular formula is C18H18IN2O3-. The Morgan fingerprint density at radius 1 is 1.21 bits per heavy atom. The molecule has 2 aromatic carbocycles. The number of ether oxygens (including phenoxy) is 1. The van der Waals surface area contributed by atoms with Gasteiger partial charge in [-0.25, -0.2) is 0 Å². The van der Waals surface area contributed by atoms with Crippen molar-refractivity contribution in [3.63, 3.8) is 0 Å². The Hall–Kier alpha value is -1.93. The van der Waals surface area contributed by atoms with E-state index >= 15 is 0 Å². The number of rotatable bonds is 6. The van der Waals surface area contributed by atoms with Crippen molar-refractivity contribution in [2.24, 2.45) is 3.95 Å². The van der Waals surface area contributed by atoms with Crippen LogP contribution in [0.15, 0.2) is 42.5 Å². The Morgan fingerprint density at radius 2 is 2.00 bits per heavy atom. The average Bonchev–Trinajstić information content (AvgIpc) is 2.93. The summed E-state index contributed by atoms with van der Waals surface area (Å²) in [5.74, 6) is 0.0172. The molecular weight excluding hydrogens is 419 g/mol. The number of hydrogen-bond donors (Lipinski definition) is 2. The molecule has 3 rings (SSSR count). The molecule has 0 aromatic heterocycles. The normalized spacial score (nSPS) is 14.8. The van der Waals surface area contributed by atoms with E-state index in [0.717, 1.165) is 6.29 Å². The molecule has 0 radical (unpaired) electrons. The molecule has 0 heterocycles. The molecule has 3 N–H and O–H groups in total. The van der Waals surface area contributed by atoms with Crippen molar-refractivity contribution in [1.29, 1.82) is 0 Å². The SMILES string of the molecule is N[I-]c1ccc2c(c1)C(COC(=O)NCCC=O)c1ccccc1-2. The van der Waals surface area contributed by atoms with E-state index in [1.165, 1.54) is 25.8 Å². The zero-order chi connectivity index (χ0) is 16.9. The number of halogens is 1. The summed E-state index contributed by atoms with van der Waals surface area (Å²) in [6.07, 6.45) is 0.555. The predicted molar refractivity (Wildman–Crippen MR) is 86.6 cm³/mol. The summed E-state index contributed by atoms with van der Waals surface area (Å²) in [5.41, 5.74) is 4.70. The number of alkyl carbamates (subject to hydrolysis) is 1. The Balaban J connectivity index is 1.80. The molecule has 0 aliphatic heterocycles. The van der Waals surface area contributed by atoms with Crippen molar-refractivity contribution in [3.05, 3.63) is 57.2 Å². The standard InChI is InChI=1S/C18H18IN2O3/c20-19-12-6-7-15-13-4-1-2-5-14(13)17(16(15)10-12)11-24-18(23)21-8-3-9-22/h1-2,4-7,9-10,17H,3,8,11,20H2,(H,21,23)/q-1. The van der Waals surface area contributed by atoms with Crippen LogP contribution >= 0.6 is 0 Å². The van der Waals surface area contributed by atoms with Crippen LogP contribution in [0.2, 0.25) is 0 Å². The fourth-order valence-electron chi connectivity index (χ4n) is 2.97. The molecule has 126 valence electrons. The maximum atomic E-state index is 11.8. The third-order valence-corrected chi connectivity index (χ3v) is 5.44. The molecule has 1 amide bonds. The topological polar surface area (TPSA) is 81.4 Å². The summed E-state index contributed by atoms with van der Waals surface area (Å²) < 4.78 is 12.4. The molecule has 0 saturated heterocycles. The van der Waals surface area contributed by atoms with Crippen LogP contribution in [0.25, 0.3) is 11.1 Å². The van der Waals surface area contributed by atoms with E-state index in [1.807, 2.05) is 12.1 Å². The minimum absolute atomic E-state index is 0.0172. The number of amides is 1. The molecule has 6 heteroatoms. The molecule has 1 aliphatic carbocycles. The zero-order valence-electron chi connectivity index (χ0n) is 13.0. The molecule has 0 fully saturated rings. The Morgan fingerprint density at radius 3 is 2.79 bits per heavy atom. The van der Waals surface area contributed by atoms with Crippen LogP contribution < -0.4 is 30.7 Å². The molecule has 5 nitrogen and oxygen atoms in total. The number of benzene rings is 2. The number of nitrogens with one attached hydrogen (secondary N) is 1. The van der Waals surface area contributed by atoms with Gasteiger partial charge in [-0.3, -0.25) is 0 Å². The van der Waals surface area contributed by atoms with Crippen molar-refractivity contribution >= 4 is 12.4 Å². The summed E-state index contributed by atoms with van der Waals surface area (Å²) in [4.78, 5) is 22.0. The van der Waals surface area contributed by atoms with Crippen LogP contribution in [0.5, 0.6) is 0 Å². The van der Waals surface area contributed by atoms with E-state index in [4.69, 9.17) is 8.68 Å². The van der Waals surface area contributed by atoms with Crippen LogP contribution in [0.1, 0.15) is 23.5 Å². The van der Waals surface area contributed by atoms with Gasteiger partial charge in [-0.15, -0.1) is 0 Å². The van der Waals surface area contributed by atoms with Crippen LogP contribution in [0.4, 0.5) is 4.79 Å². The average molecular weight is 437 g/mol. The third kappa shape index (κ3) is 3.44. The first-order valence-electron chi connectivity index (χ1n) is 7.65. The number of fused-ring (bicyclic) bond motifs is 3. The van der Waals surface area contributed by atoms with E-state index in [0.29, 0.717) is 6.54 Å². The van der Waals surface area contributed by atoms with Crippen LogP contribution in [0, 0.1) is 3.57 Å². The molecule has 1 unspecified atom stereocenters. The maximum absolute atomic E-state index is 11.8. The van der Waals surface area contributed by atoms with Gasteiger partial charge in [0.2, 0.25) is 0 Å². The molecule has 24 heavy (non-hydrogen) atoms. The first-order valence-corrected chi connectivity index (χ1v) is 9.98. The fourth-order valence-corrected chi connectivity index (χ4v) is 3.87. The summed E-state index contributed by atoms with van der Waals surface area (Å²) in [6.45, 7) is 0.561. The van der Waals surface area contributed by atoms with Crippen molar-refractivity contribution in [2.75, 3.05) is 13.2 Å². The van der Waals surface area contributed by atoms with Gasteiger partial charge in [-0.1, -0.05) is 0 Å². The minimum atomic E-state index is -0.495. The fraction of sp³-hybridized carbons (Fsp3) is 0.222. The first kappa shape index (κ1) is 16.9. The number of aldehydes is 1. The van der Waals surface area contributed by atoms with Gasteiger partial charge in [-0.05, 0) is 0 Å². The van der Waals surface area contributed by atoms with Gasteiger partial charge < -0.3 is 0 Å². The summed E-state index contributed by atoms with van der Waals surface area (Å²) in [7, 11) is 0. The number of carbonyl (C=O) groups is 2. The van der Waals surface area contributed by atoms with Gasteiger partial charge in [0.1, 0.15) is 0 Å². The third-order valence-electron chi connectivity index (χ3n) is 4.05. The van der Waals surface area contributed by atoms with Crippen molar-refractivity contribution in [2.45, 2.75) is 12.3 Å². The molecule has 1 atom stereocenters. The monoisotopic (exact) mass is 437 g/mol. The molecule has 2 aromatic rings. The second-order valence-electron chi connectivity index (χ2n) is 5.46. The number of carbonyl (C=O) groups excluding carboxylic acids is 2. The Labute approximate surface area is 151 Å². The van der Waals surface area contributed by atoms with Gasteiger partial charge in [0.05, 0.1) is 0 Å². The second-order valence-corrected chi connectivity index (χ2v) is 7.33. The van der Waals surface area contributed by atoms with Crippen LogP contribution in [0.3, 0.4) is 0 Å². The Bertz CT molecular complexity index is 764. The summed E-state index contributed by atoms with van der Waals surface area (Å²) in [6, 6.07) is 14.5. The van der Waals surface area contributed by atoms with E-state index in [-0.39, 0.29) is 18.9 Å². The van der Waals surface area contributed by atoms with E-state index in [1.54, 1.807) is 0 Å². The van der Waals surface area contributed by atoms with E-state index in [2.05, 4.69) is 35.6 Å². The van der Waals surface area contributed by atoms with Crippen molar-refractivity contribution in [1.82, 2.24) is 5.32 Å². The van der Waals surface area contributed by atoms with Crippen molar-refractivity contribution in [3.8, 4) is 11.1 Å². The van der Waals surface area contributed by atoms with Gasteiger partial charge in [0.15, 0.2) is 0 Å². The van der Waals surface area contributed by atoms with Gasteiger partial charge in [0, 0.05) is 0 Å². The molecule has 0 saturated carbocycles. The Kier molecular flexibility index (Phi) is 5.47. The van der Waals surface area contributed by atoms with E-state index in [9.17, 15) is 9.59 Å². The molecule has 1 aliphatic rings. The summed E-state index contributed by atoms with van der Waals surface area (Å²) >= 11 is -0.481. The quantitative estimate of drug-likeness (QED) is 0.270. The van der Waals surface area contributed by atoms with Crippen LogP contribution in [-0.2, 0) is 9.53 Å². The van der Waals surface area contributed by atoms with Crippen LogP contribution in [-0.4, -0.2) is 25.5 Å². The molecule has 0 bridgehead atoms. The van der Waals surface area contributed by atoms with Crippen molar-refractivity contribution < 1.29 is 35.8 Å². The van der Waals surface area contributed by atoms with E-state index < -0.39 is 27.6 Å². The van der Waals surface area contributed by atoms with Gasteiger partial charge in [0.25, 0.3) is 0 Å². The number of nitrogens with two attached hydrogens (primary N) is 1. The zero-order valence-corrected chi connectivity index (χ0v) is 15.2. The second kappa shape index (κ2) is 7.76. The predicted octanol–water partition coefficient (Wildman–Crippen LogP) is -0.754. The number of hydrogen-bond acceptors (Lipinski definition) is 4. The summed E-state index contributed by atoms with van der Waals surface area (Å²) in [5, 5.41) is 2.57. The van der Waals surface area contributed by atoms with Gasteiger partial charge in [-0.2, -0.15) is 0 Å². The van der Waals surface area contributed by atoms with Gasteiger partial charge >= 0.3 is 151 Å². The molecule has 0 spiro atoms. The first-order chi connectivity index (χ1) is 11.7.